The van der Waals surface area contributed by atoms with Crippen molar-refractivity contribution in [2.45, 2.75) is 0 Å². The van der Waals surface area contributed by atoms with Gasteiger partial charge in [0.25, 0.3) is 0 Å². The average Bonchev–Trinajstić information content (AvgIpc) is 1.64. The number of hydrogen-bond acceptors (Lipinski definition) is 3. The molecule has 0 unspecified atom stereocenters. The van der Waals surface area contributed by atoms with Gasteiger partial charge in [-0.05, 0) is 6.08 Å². The van der Waals surface area contributed by atoms with Gasteiger partial charge in [-0.1, -0.05) is 6.08 Å². The Bertz CT molecular complexity index is 144. The standard InChI is InChI=1S/C5H9N3.2ClH/c6-5-2-1-3-8(7)4-5;;/h1-2,4H,3,6-7H2;2*1H. The van der Waals surface area contributed by atoms with Gasteiger partial charge in [-0.25, -0.2) is 5.84 Å². The summed E-state index contributed by atoms with van der Waals surface area (Å²) < 4.78 is 0. The number of rotatable bonds is 0. The van der Waals surface area contributed by atoms with E-state index in [9.17, 15) is 0 Å². The van der Waals surface area contributed by atoms with Crippen molar-refractivity contribution in [2.24, 2.45) is 11.6 Å². The molecule has 1 aliphatic heterocycles. The Kier molecular flexibility index (Phi) is 6.66. The third-order valence-corrected chi connectivity index (χ3v) is 0.941. The number of hydrogen-bond donors (Lipinski definition) is 2. The summed E-state index contributed by atoms with van der Waals surface area (Å²) in [5.41, 5.74) is 6.08. The van der Waals surface area contributed by atoms with Crippen LogP contribution in [0.2, 0.25) is 0 Å². The first-order valence-corrected chi connectivity index (χ1v) is 2.44. The van der Waals surface area contributed by atoms with E-state index in [1.165, 1.54) is 5.01 Å². The Labute approximate surface area is 72.5 Å². The van der Waals surface area contributed by atoms with Gasteiger partial charge in [-0.2, -0.15) is 0 Å². The fourth-order valence-electron chi connectivity index (χ4n) is 0.598. The zero-order valence-electron chi connectivity index (χ0n) is 5.36. The van der Waals surface area contributed by atoms with E-state index in [4.69, 9.17) is 11.6 Å². The molecule has 0 atom stereocenters. The third kappa shape index (κ3) is 3.61. The number of halogens is 2. The molecular weight excluding hydrogens is 173 g/mol. The fraction of sp³-hybridized carbons (Fsp3) is 0.200. The summed E-state index contributed by atoms with van der Waals surface area (Å²) in [6, 6.07) is 0. The lowest BCUT2D eigenvalue weighted by Crippen LogP contribution is -2.28. The zero-order chi connectivity index (χ0) is 5.98. The van der Waals surface area contributed by atoms with Crippen molar-refractivity contribution >= 4 is 24.8 Å². The first-order valence-electron chi connectivity index (χ1n) is 2.44. The van der Waals surface area contributed by atoms with Crippen molar-refractivity contribution < 1.29 is 0 Å². The van der Waals surface area contributed by atoms with Crippen molar-refractivity contribution in [1.82, 2.24) is 5.01 Å². The minimum atomic E-state index is 0. The van der Waals surface area contributed by atoms with Gasteiger partial charge in [0.2, 0.25) is 0 Å². The molecule has 60 valence electrons. The molecule has 0 aromatic heterocycles. The molecule has 0 saturated carbocycles. The molecule has 0 bridgehead atoms. The Hall–Kier alpha value is -0.380. The number of hydrazine groups is 1. The van der Waals surface area contributed by atoms with Crippen LogP contribution < -0.4 is 11.6 Å². The minimum absolute atomic E-state index is 0. The van der Waals surface area contributed by atoms with Gasteiger partial charge in [-0.15, -0.1) is 24.8 Å². The first kappa shape index (κ1) is 12.3. The van der Waals surface area contributed by atoms with Crippen molar-refractivity contribution in [3.63, 3.8) is 0 Å². The summed E-state index contributed by atoms with van der Waals surface area (Å²) in [5.74, 6) is 5.35. The predicted molar refractivity (Wildman–Crippen MR) is 46.8 cm³/mol. The van der Waals surface area contributed by atoms with E-state index < -0.39 is 0 Å². The Morgan fingerprint density at radius 3 is 2.30 bits per heavy atom. The van der Waals surface area contributed by atoms with Gasteiger partial charge in [-0.3, -0.25) is 0 Å². The van der Waals surface area contributed by atoms with Crippen LogP contribution in [0.25, 0.3) is 0 Å². The summed E-state index contributed by atoms with van der Waals surface area (Å²) in [7, 11) is 0. The molecular formula is C5H11Cl2N3. The van der Waals surface area contributed by atoms with Gasteiger partial charge >= 0.3 is 0 Å². The van der Waals surface area contributed by atoms with Crippen molar-refractivity contribution in [3.05, 3.63) is 24.0 Å². The molecule has 1 aliphatic rings. The molecule has 4 N–H and O–H groups in total. The lowest BCUT2D eigenvalue weighted by Gasteiger charge is -2.14. The van der Waals surface area contributed by atoms with E-state index in [1.54, 1.807) is 6.20 Å². The lowest BCUT2D eigenvalue weighted by atomic mass is 10.3. The normalized spacial score (nSPS) is 14.9. The number of nitrogens with two attached hydrogens (primary N) is 2. The summed E-state index contributed by atoms with van der Waals surface area (Å²) in [4.78, 5) is 0. The highest BCUT2D eigenvalue weighted by molar-refractivity contribution is 5.85. The molecule has 1 rings (SSSR count). The molecule has 1 heterocycles. The van der Waals surface area contributed by atoms with Crippen molar-refractivity contribution in [1.29, 1.82) is 0 Å². The van der Waals surface area contributed by atoms with Crippen LogP contribution in [0.15, 0.2) is 24.0 Å². The predicted octanol–water partition coefficient (Wildman–Crippen LogP) is 0.376. The van der Waals surface area contributed by atoms with Crippen LogP contribution in [0.3, 0.4) is 0 Å². The monoisotopic (exact) mass is 183 g/mol. The van der Waals surface area contributed by atoms with E-state index in [0.29, 0.717) is 5.70 Å². The number of nitrogens with zero attached hydrogens (tertiary/aromatic N) is 1. The Morgan fingerprint density at radius 1 is 1.40 bits per heavy atom. The van der Waals surface area contributed by atoms with Crippen molar-refractivity contribution in [3.8, 4) is 0 Å². The summed E-state index contributed by atoms with van der Waals surface area (Å²) >= 11 is 0. The molecule has 0 aromatic carbocycles. The molecule has 0 spiro atoms. The highest BCUT2D eigenvalue weighted by Crippen LogP contribution is 1.95. The van der Waals surface area contributed by atoms with E-state index >= 15 is 0 Å². The van der Waals surface area contributed by atoms with Crippen molar-refractivity contribution in [2.75, 3.05) is 6.54 Å². The molecule has 0 aliphatic carbocycles. The minimum Gasteiger partial charge on any atom is -0.398 e. The van der Waals surface area contributed by atoms with Crippen LogP contribution in [0.1, 0.15) is 0 Å². The van der Waals surface area contributed by atoms with Gasteiger partial charge in [0, 0.05) is 11.9 Å². The second-order valence-corrected chi connectivity index (χ2v) is 1.73. The maximum absolute atomic E-state index is 5.38. The van der Waals surface area contributed by atoms with Gasteiger partial charge in [0.15, 0.2) is 0 Å². The zero-order valence-corrected chi connectivity index (χ0v) is 6.99. The molecule has 0 saturated heterocycles. The van der Waals surface area contributed by atoms with Gasteiger partial charge in [0.05, 0.1) is 6.54 Å². The smallest absolute Gasteiger partial charge is 0.0520 e. The second kappa shape index (κ2) is 5.41. The molecule has 5 heteroatoms. The molecule has 3 nitrogen and oxygen atoms in total. The van der Waals surface area contributed by atoms with Crippen LogP contribution in [-0.2, 0) is 0 Å². The summed E-state index contributed by atoms with van der Waals surface area (Å²) in [5, 5.41) is 1.54. The van der Waals surface area contributed by atoms with E-state index in [2.05, 4.69) is 0 Å². The lowest BCUT2D eigenvalue weighted by molar-refractivity contribution is 0.430. The Morgan fingerprint density at radius 2 is 2.00 bits per heavy atom. The molecule has 0 radical (unpaired) electrons. The number of allylic oxidation sites excluding steroid dienone is 1. The van der Waals surface area contributed by atoms with Gasteiger partial charge < -0.3 is 10.7 Å². The van der Waals surface area contributed by atoms with Crippen LogP contribution in [0, 0.1) is 0 Å². The molecule has 0 amide bonds. The topological polar surface area (TPSA) is 55.3 Å². The van der Waals surface area contributed by atoms with Gasteiger partial charge in [0.1, 0.15) is 0 Å². The second-order valence-electron chi connectivity index (χ2n) is 1.73. The van der Waals surface area contributed by atoms with Crippen LogP contribution in [0.5, 0.6) is 0 Å². The largest absolute Gasteiger partial charge is 0.398 e. The first-order chi connectivity index (χ1) is 3.79. The van der Waals surface area contributed by atoms with E-state index in [1.807, 2.05) is 12.2 Å². The van der Waals surface area contributed by atoms with Crippen LogP contribution >= 0.6 is 24.8 Å². The molecule has 0 aromatic rings. The fourth-order valence-corrected chi connectivity index (χ4v) is 0.598. The molecule has 0 fully saturated rings. The molecule has 10 heavy (non-hydrogen) atoms. The SMILES string of the molecule is Cl.Cl.NC1=CN(N)CC=C1. The average molecular weight is 184 g/mol. The highest BCUT2D eigenvalue weighted by Gasteiger charge is 1.94. The van der Waals surface area contributed by atoms with Crippen LogP contribution in [0.4, 0.5) is 0 Å². The van der Waals surface area contributed by atoms with E-state index in [-0.39, 0.29) is 24.8 Å². The highest BCUT2D eigenvalue weighted by atomic mass is 35.5. The Balaban J connectivity index is 0. The maximum Gasteiger partial charge on any atom is 0.0520 e. The summed E-state index contributed by atoms with van der Waals surface area (Å²) in [6.07, 6.45) is 5.44. The van der Waals surface area contributed by atoms with E-state index in [0.717, 1.165) is 6.54 Å². The third-order valence-electron chi connectivity index (χ3n) is 0.941. The quantitative estimate of drug-likeness (QED) is 0.535. The summed E-state index contributed by atoms with van der Waals surface area (Å²) in [6.45, 7) is 0.751. The van der Waals surface area contributed by atoms with Crippen LogP contribution in [-0.4, -0.2) is 11.6 Å². The maximum atomic E-state index is 5.38.